The van der Waals surface area contributed by atoms with Gasteiger partial charge in [-0.25, -0.2) is 4.79 Å². The monoisotopic (exact) mass is 407 g/mol. The Bertz CT molecular complexity index is 773. The van der Waals surface area contributed by atoms with Gasteiger partial charge in [-0.2, -0.15) is 0 Å². The summed E-state index contributed by atoms with van der Waals surface area (Å²) in [6.45, 7) is 5.50. The molecule has 2 N–H and O–H groups in total. The van der Waals surface area contributed by atoms with Crippen LogP contribution in [0.3, 0.4) is 0 Å². The summed E-state index contributed by atoms with van der Waals surface area (Å²) >= 11 is 3.39. The normalized spacial score (nSPS) is 10.7. The quantitative estimate of drug-likeness (QED) is 0.695. The van der Waals surface area contributed by atoms with E-state index in [9.17, 15) is 14.7 Å². The van der Waals surface area contributed by atoms with Crippen molar-refractivity contribution in [3.05, 3.63) is 34.4 Å². The minimum absolute atomic E-state index is 0.0417. The lowest BCUT2D eigenvalue weighted by molar-refractivity contribution is -0.129. The number of rotatable bonds is 8. The third-order valence-corrected chi connectivity index (χ3v) is 4.31. The maximum Gasteiger partial charge on any atom is 0.339 e. The number of hydrogen-bond acceptors (Lipinski definition) is 4. The molecule has 0 aliphatic rings. The molecule has 0 bridgehead atoms. The Labute approximate surface area is 155 Å². The summed E-state index contributed by atoms with van der Waals surface area (Å²) in [5.41, 5.74) is 1.14. The summed E-state index contributed by atoms with van der Waals surface area (Å²) in [6.07, 6.45) is 3.09. The van der Waals surface area contributed by atoms with Crippen LogP contribution in [0.5, 0.6) is 0 Å². The standard InChI is InChI=1S/C18H22BrN3O3/c1-3-7-22(8-4-2)16(23)11-21-17-13-9-12(19)5-6-15(13)20-10-14(17)18(24)25/h5-6,9-10H,3-4,7-8,11H2,1-2H3,(H,20,21)(H,24,25). The van der Waals surface area contributed by atoms with Gasteiger partial charge in [-0.15, -0.1) is 0 Å². The van der Waals surface area contributed by atoms with E-state index in [1.54, 1.807) is 17.0 Å². The van der Waals surface area contributed by atoms with Gasteiger partial charge in [-0.05, 0) is 31.0 Å². The molecule has 1 heterocycles. The predicted molar refractivity (Wildman–Crippen MR) is 102 cm³/mol. The lowest BCUT2D eigenvalue weighted by Crippen LogP contribution is -2.36. The van der Waals surface area contributed by atoms with Crippen LogP contribution >= 0.6 is 15.9 Å². The second kappa shape index (κ2) is 8.80. The molecular weight excluding hydrogens is 386 g/mol. The number of aromatic nitrogens is 1. The first-order valence-electron chi connectivity index (χ1n) is 8.31. The summed E-state index contributed by atoms with van der Waals surface area (Å²) in [5, 5.41) is 13.1. The molecule has 1 aromatic carbocycles. The first-order valence-corrected chi connectivity index (χ1v) is 9.10. The maximum absolute atomic E-state index is 12.5. The zero-order chi connectivity index (χ0) is 18.4. The van der Waals surface area contributed by atoms with E-state index >= 15 is 0 Å². The van der Waals surface area contributed by atoms with E-state index in [4.69, 9.17) is 0 Å². The van der Waals surface area contributed by atoms with Crippen LogP contribution in [-0.2, 0) is 4.79 Å². The second-order valence-corrected chi connectivity index (χ2v) is 6.66. The van der Waals surface area contributed by atoms with Crippen LogP contribution in [0.1, 0.15) is 37.0 Å². The first-order chi connectivity index (χ1) is 12.0. The van der Waals surface area contributed by atoms with Crippen molar-refractivity contribution in [2.45, 2.75) is 26.7 Å². The number of nitrogens with one attached hydrogen (secondary N) is 1. The number of amides is 1. The van der Waals surface area contributed by atoms with Crippen LogP contribution in [0.15, 0.2) is 28.9 Å². The molecule has 2 rings (SSSR count). The van der Waals surface area contributed by atoms with Crippen molar-refractivity contribution < 1.29 is 14.7 Å². The number of carbonyl (C=O) groups excluding carboxylic acids is 1. The van der Waals surface area contributed by atoms with Crippen molar-refractivity contribution in [3.63, 3.8) is 0 Å². The van der Waals surface area contributed by atoms with Crippen LogP contribution in [0.25, 0.3) is 10.9 Å². The Kier molecular flexibility index (Phi) is 6.75. The van der Waals surface area contributed by atoms with Gasteiger partial charge in [-0.3, -0.25) is 9.78 Å². The van der Waals surface area contributed by atoms with Crippen molar-refractivity contribution >= 4 is 44.4 Å². The third kappa shape index (κ3) is 4.69. The van der Waals surface area contributed by atoms with Gasteiger partial charge in [0.25, 0.3) is 0 Å². The van der Waals surface area contributed by atoms with E-state index in [1.807, 2.05) is 19.9 Å². The zero-order valence-corrected chi connectivity index (χ0v) is 16.0. The number of anilines is 1. The van der Waals surface area contributed by atoms with Crippen LogP contribution in [0, 0.1) is 0 Å². The Morgan fingerprint density at radius 2 is 1.92 bits per heavy atom. The molecule has 6 nitrogen and oxygen atoms in total. The number of benzene rings is 1. The summed E-state index contributed by atoms with van der Waals surface area (Å²) in [6, 6.07) is 5.45. The third-order valence-electron chi connectivity index (χ3n) is 3.82. The highest BCUT2D eigenvalue weighted by Crippen LogP contribution is 2.28. The minimum Gasteiger partial charge on any atom is -0.478 e. The average Bonchev–Trinajstić information content (AvgIpc) is 2.58. The van der Waals surface area contributed by atoms with Crippen molar-refractivity contribution in [2.75, 3.05) is 25.0 Å². The van der Waals surface area contributed by atoms with Gasteiger partial charge in [0.15, 0.2) is 0 Å². The van der Waals surface area contributed by atoms with Crippen molar-refractivity contribution in [1.82, 2.24) is 9.88 Å². The van der Waals surface area contributed by atoms with Gasteiger partial charge in [-0.1, -0.05) is 29.8 Å². The van der Waals surface area contributed by atoms with Crippen LogP contribution < -0.4 is 5.32 Å². The number of fused-ring (bicyclic) bond motifs is 1. The number of halogens is 1. The van der Waals surface area contributed by atoms with E-state index < -0.39 is 5.97 Å². The highest BCUT2D eigenvalue weighted by Gasteiger charge is 2.17. The van der Waals surface area contributed by atoms with Crippen molar-refractivity contribution in [1.29, 1.82) is 0 Å². The van der Waals surface area contributed by atoms with E-state index in [-0.39, 0.29) is 18.0 Å². The minimum atomic E-state index is -1.08. The molecule has 0 aliphatic carbocycles. The predicted octanol–water partition coefficient (Wildman–Crippen LogP) is 3.76. The van der Waals surface area contributed by atoms with Crippen molar-refractivity contribution in [3.8, 4) is 0 Å². The number of carbonyl (C=O) groups is 2. The Morgan fingerprint density at radius 1 is 1.24 bits per heavy atom. The van der Waals surface area contributed by atoms with Crippen LogP contribution in [0.2, 0.25) is 0 Å². The molecule has 0 fully saturated rings. The number of hydrogen-bond donors (Lipinski definition) is 2. The molecule has 1 aromatic heterocycles. The lowest BCUT2D eigenvalue weighted by Gasteiger charge is -2.22. The van der Waals surface area contributed by atoms with Gasteiger partial charge in [0.1, 0.15) is 5.56 Å². The topological polar surface area (TPSA) is 82.5 Å². The highest BCUT2D eigenvalue weighted by atomic mass is 79.9. The molecule has 0 saturated heterocycles. The summed E-state index contributed by atoms with van der Waals surface area (Å²) in [5.74, 6) is -1.12. The fraction of sp³-hybridized carbons (Fsp3) is 0.389. The van der Waals surface area contributed by atoms with Gasteiger partial charge < -0.3 is 15.3 Å². The van der Waals surface area contributed by atoms with Crippen LogP contribution in [-0.4, -0.2) is 46.5 Å². The maximum atomic E-state index is 12.5. The van der Waals surface area contributed by atoms with Crippen molar-refractivity contribution in [2.24, 2.45) is 0 Å². The molecule has 25 heavy (non-hydrogen) atoms. The first kappa shape index (κ1) is 19.2. The number of aromatic carboxylic acids is 1. The van der Waals surface area contributed by atoms with E-state index in [2.05, 4.69) is 26.2 Å². The molecule has 2 aromatic rings. The van der Waals surface area contributed by atoms with Gasteiger partial charge in [0.05, 0.1) is 17.7 Å². The Balaban J connectivity index is 2.32. The molecule has 0 atom stereocenters. The highest BCUT2D eigenvalue weighted by molar-refractivity contribution is 9.10. The largest absolute Gasteiger partial charge is 0.478 e. The Hall–Kier alpha value is -2.15. The van der Waals surface area contributed by atoms with Crippen LogP contribution in [0.4, 0.5) is 5.69 Å². The molecule has 134 valence electrons. The molecule has 0 unspecified atom stereocenters. The smallest absolute Gasteiger partial charge is 0.339 e. The second-order valence-electron chi connectivity index (χ2n) is 5.75. The SMILES string of the molecule is CCCN(CCC)C(=O)CNc1c(C(=O)O)cnc2ccc(Br)cc12. The summed E-state index contributed by atoms with van der Waals surface area (Å²) in [7, 11) is 0. The fourth-order valence-corrected chi connectivity index (χ4v) is 3.06. The Morgan fingerprint density at radius 3 is 2.52 bits per heavy atom. The lowest BCUT2D eigenvalue weighted by atomic mass is 10.1. The number of carboxylic acid groups (broad SMARTS) is 1. The summed E-state index contributed by atoms with van der Waals surface area (Å²) in [4.78, 5) is 30.0. The molecule has 0 spiro atoms. The molecular formula is C18H22BrN3O3. The number of carboxylic acids is 1. The zero-order valence-electron chi connectivity index (χ0n) is 14.4. The fourth-order valence-electron chi connectivity index (χ4n) is 2.69. The molecule has 1 amide bonds. The number of pyridine rings is 1. The van der Waals surface area contributed by atoms with E-state index in [0.29, 0.717) is 29.7 Å². The van der Waals surface area contributed by atoms with Gasteiger partial charge >= 0.3 is 5.97 Å². The van der Waals surface area contributed by atoms with E-state index in [1.165, 1.54) is 6.20 Å². The summed E-state index contributed by atoms with van der Waals surface area (Å²) < 4.78 is 0.817. The average molecular weight is 408 g/mol. The molecule has 0 radical (unpaired) electrons. The molecule has 0 saturated carbocycles. The number of nitrogens with zero attached hydrogens (tertiary/aromatic N) is 2. The molecule has 7 heteroatoms. The molecule has 0 aliphatic heterocycles. The van der Waals surface area contributed by atoms with Gasteiger partial charge in [0.2, 0.25) is 5.91 Å². The van der Waals surface area contributed by atoms with Gasteiger partial charge in [0, 0.05) is 29.1 Å². The van der Waals surface area contributed by atoms with E-state index in [0.717, 1.165) is 17.3 Å².